The normalized spacial score (nSPS) is 11.3. The largest absolute Gasteiger partial charge is 0.490 e. The summed E-state index contributed by atoms with van der Waals surface area (Å²) in [5, 5.41) is 2.63. The zero-order valence-electron chi connectivity index (χ0n) is 14.4. The summed E-state index contributed by atoms with van der Waals surface area (Å²) in [7, 11) is 0. The first-order chi connectivity index (χ1) is 13.0. The summed E-state index contributed by atoms with van der Waals surface area (Å²) >= 11 is 0. The van der Waals surface area contributed by atoms with Gasteiger partial charge in [-0.05, 0) is 42.8 Å². The van der Waals surface area contributed by atoms with Crippen molar-refractivity contribution in [2.24, 2.45) is 0 Å². The van der Waals surface area contributed by atoms with E-state index in [1.807, 2.05) is 24.3 Å². The number of aromatic nitrogens is 2. The molecule has 0 aliphatic carbocycles. The first-order valence-corrected chi connectivity index (χ1v) is 8.20. The Labute approximate surface area is 153 Å². The first kappa shape index (κ1) is 18.4. The maximum atomic E-state index is 12.4. The number of rotatable bonds is 7. The number of H-pyrrole nitrogens is 1. The van der Waals surface area contributed by atoms with Gasteiger partial charge in [-0.3, -0.25) is 10.1 Å². The van der Waals surface area contributed by atoms with Gasteiger partial charge in [-0.1, -0.05) is 18.2 Å². The van der Waals surface area contributed by atoms with E-state index in [9.17, 15) is 13.6 Å². The zero-order chi connectivity index (χ0) is 19.2. The number of nitrogens with zero attached hydrogens (tertiary/aromatic N) is 1. The molecule has 1 heterocycles. The van der Waals surface area contributed by atoms with Crippen LogP contribution >= 0.6 is 0 Å². The summed E-state index contributed by atoms with van der Waals surface area (Å²) in [5.74, 6) is 0.0647. The number of halogens is 2. The van der Waals surface area contributed by atoms with Gasteiger partial charge in [-0.2, -0.15) is 8.78 Å². The van der Waals surface area contributed by atoms with Crippen LogP contribution in [0.4, 0.5) is 14.7 Å². The SMILES string of the molecule is CCOc1cc(C=CC(=O)Nc2nc3ccccc3[nH]2)ccc1OC(F)F. The fourth-order valence-electron chi connectivity index (χ4n) is 2.43. The van der Waals surface area contributed by atoms with Crippen LogP contribution < -0.4 is 14.8 Å². The van der Waals surface area contributed by atoms with Crippen LogP contribution in [0.1, 0.15) is 12.5 Å². The van der Waals surface area contributed by atoms with Crippen LogP contribution in [-0.2, 0) is 4.79 Å². The van der Waals surface area contributed by atoms with Crippen molar-refractivity contribution in [3.8, 4) is 11.5 Å². The maximum absolute atomic E-state index is 12.4. The van der Waals surface area contributed by atoms with Crippen molar-refractivity contribution in [1.29, 1.82) is 0 Å². The van der Waals surface area contributed by atoms with Crippen molar-refractivity contribution in [2.45, 2.75) is 13.5 Å². The fourth-order valence-corrected chi connectivity index (χ4v) is 2.43. The average molecular weight is 373 g/mol. The van der Waals surface area contributed by atoms with E-state index in [-0.39, 0.29) is 17.4 Å². The minimum atomic E-state index is -2.94. The standard InChI is InChI=1S/C19H17F2N3O3/c1-2-26-16-11-12(7-9-15(16)27-18(20)21)8-10-17(25)24-19-22-13-5-3-4-6-14(13)23-19/h3-11,18H,2H2,1H3,(H2,22,23,24,25). The van der Waals surface area contributed by atoms with E-state index in [4.69, 9.17) is 4.74 Å². The van der Waals surface area contributed by atoms with Crippen LogP contribution in [0.3, 0.4) is 0 Å². The number of fused-ring (bicyclic) bond motifs is 1. The lowest BCUT2D eigenvalue weighted by Gasteiger charge is -2.11. The summed E-state index contributed by atoms with van der Waals surface area (Å²) in [5.41, 5.74) is 2.15. The van der Waals surface area contributed by atoms with Crippen LogP contribution in [0.25, 0.3) is 17.1 Å². The molecule has 0 unspecified atom stereocenters. The second-order valence-corrected chi connectivity index (χ2v) is 5.44. The van der Waals surface area contributed by atoms with Gasteiger partial charge in [0, 0.05) is 6.08 Å². The lowest BCUT2D eigenvalue weighted by Crippen LogP contribution is -2.09. The summed E-state index contributed by atoms with van der Waals surface area (Å²) < 4.78 is 34.6. The zero-order valence-corrected chi connectivity index (χ0v) is 14.4. The number of nitrogens with one attached hydrogen (secondary N) is 2. The Hall–Kier alpha value is -3.42. The molecule has 0 atom stereocenters. The number of anilines is 1. The molecule has 1 amide bonds. The molecule has 0 fully saturated rings. The van der Waals surface area contributed by atoms with Crippen molar-refractivity contribution in [2.75, 3.05) is 11.9 Å². The van der Waals surface area contributed by atoms with Gasteiger partial charge >= 0.3 is 6.61 Å². The van der Waals surface area contributed by atoms with E-state index in [0.717, 1.165) is 11.0 Å². The molecule has 0 saturated carbocycles. The van der Waals surface area contributed by atoms with Crippen LogP contribution in [-0.4, -0.2) is 29.1 Å². The van der Waals surface area contributed by atoms with E-state index in [1.165, 1.54) is 24.3 Å². The minimum absolute atomic E-state index is 0.0595. The Morgan fingerprint density at radius 2 is 2.07 bits per heavy atom. The lowest BCUT2D eigenvalue weighted by molar-refractivity contribution is -0.111. The average Bonchev–Trinajstić information content (AvgIpc) is 3.04. The van der Waals surface area contributed by atoms with E-state index < -0.39 is 6.61 Å². The molecule has 6 nitrogen and oxygen atoms in total. The highest BCUT2D eigenvalue weighted by molar-refractivity contribution is 6.01. The number of alkyl halides is 2. The van der Waals surface area contributed by atoms with Gasteiger partial charge in [0.2, 0.25) is 5.95 Å². The topological polar surface area (TPSA) is 76.2 Å². The summed E-state index contributed by atoms with van der Waals surface area (Å²) in [4.78, 5) is 19.3. The third-order valence-corrected chi connectivity index (χ3v) is 3.54. The second-order valence-electron chi connectivity index (χ2n) is 5.44. The van der Waals surface area contributed by atoms with Gasteiger partial charge in [0.25, 0.3) is 5.91 Å². The van der Waals surface area contributed by atoms with Gasteiger partial charge in [0.05, 0.1) is 17.6 Å². The molecular weight excluding hydrogens is 356 g/mol. The molecule has 3 rings (SSSR count). The molecule has 3 aromatic rings. The van der Waals surface area contributed by atoms with Crippen LogP contribution in [0.2, 0.25) is 0 Å². The number of imidazole rings is 1. The highest BCUT2D eigenvalue weighted by Crippen LogP contribution is 2.30. The van der Waals surface area contributed by atoms with E-state index in [0.29, 0.717) is 18.1 Å². The Kier molecular flexibility index (Phi) is 5.65. The molecule has 1 aromatic heterocycles. The summed E-state index contributed by atoms with van der Waals surface area (Å²) in [6.45, 7) is -0.922. The Morgan fingerprint density at radius 3 is 2.81 bits per heavy atom. The van der Waals surface area contributed by atoms with E-state index >= 15 is 0 Å². The molecule has 27 heavy (non-hydrogen) atoms. The van der Waals surface area contributed by atoms with Crippen molar-refractivity contribution >= 4 is 29.0 Å². The number of benzene rings is 2. The summed E-state index contributed by atoms with van der Waals surface area (Å²) in [6, 6.07) is 11.8. The monoisotopic (exact) mass is 373 g/mol. The van der Waals surface area contributed by atoms with Crippen LogP contribution in [0.5, 0.6) is 11.5 Å². The number of amides is 1. The number of hydrogen-bond donors (Lipinski definition) is 2. The molecule has 0 spiro atoms. The van der Waals surface area contributed by atoms with Crippen molar-refractivity contribution in [1.82, 2.24) is 9.97 Å². The highest BCUT2D eigenvalue weighted by atomic mass is 19.3. The third kappa shape index (κ3) is 4.81. The third-order valence-electron chi connectivity index (χ3n) is 3.54. The molecule has 0 aliphatic rings. The number of hydrogen-bond acceptors (Lipinski definition) is 4. The molecular formula is C19H17F2N3O3. The Balaban J connectivity index is 1.70. The Bertz CT molecular complexity index is 937. The Morgan fingerprint density at radius 1 is 1.26 bits per heavy atom. The van der Waals surface area contributed by atoms with Gasteiger partial charge in [-0.15, -0.1) is 0 Å². The van der Waals surface area contributed by atoms with Crippen LogP contribution in [0, 0.1) is 0 Å². The predicted octanol–water partition coefficient (Wildman–Crippen LogP) is 4.21. The summed E-state index contributed by atoms with van der Waals surface area (Å²) in [6.07, 6.45) is 2.85. The number of ether oxygens (including phenoxy) is 2. The number of carbonyl (C=O) groups excluding carboxylic acids is 1. The molecule has 0 radical (unpaired) electrons. The van der Waals surface area contributed by atoms with E-state index in [1.54, 1.807) is 13.0 Å². The fraction of sp³-hybridized carbons (Fsp3) is 0.158. The van der Waals surface area contributed by atoms with Gasteiger partial charge in [-0.25, -0.2) is 4.98 Å². The van der Waals surface area contributed by atoms with Gasteiger partial charge in [0.15, 0.2) is 11.5 Å². The quantitative estimate of drug-likeness (QED) is 0.608. The van der Waals surface area contributed by atoms with Crippen molar-refractivity contribution in [3.05, 3.63) is 54.1 Å². The van der Waals surface area contributed by atoms with Crippen LogP contribution in [0.15, 0.2) is 48.5 Å². The molecule has 2 aromatic carbocycles. The first-order valence-electron chi connectivity index (χ1n) is 8.20. The van der Waals surface area contributed by atoms with Gasteiger partial charge < -0.3 is 14.5 Å². The minimum Gasteiger partial charge on any atom is -0.490 e. The van der Waals surface area contributed by atoms with Crippen molar-refractivity contribution < 1.29 is 23.0 Å². The van der Waals surface area contributed by atoms with E-state index in [2.05, 4.69) is 20.0 Å². The number of carbonyl (C=O) groups is 1. The number of aromatic amines is 1. The van der Waals surface area contributed by atoms with Gasteiger partial charge in [0.1, 0.15) is 0 Å². The molecule has 0 aliphatic heterocycles. The van der Waals surface area contributed by atoms with Crippen molar-refractivity contribution in [3.63, 3.8) is 0 Å². The smallest absolute Gasteiger partial charge is 0.387 e. The second kappa shape index (κ2) is 8.31. The predicted molar refractivity (Wildman–Crippen MR) is 98.0 cm³/mol. The maximum Gasteiger partial charge on any atom is 0.387 e. The molecule has 8 heteroatoms. The lowest BCUT2D eigenvalue weighted by atomic mass is 10.2. The molecule has 140 valence electrons. The molecule has 2 N–H and O–H groups in total. The number of para-hydroxylation sites is 2. The molecule has 0 bridgehead atoms. The highest BCUT2D eigenvalue weighted by Gasteiger charge is 2.11. The molecule has 0 saturated heterocycles.